The summed E-state index contributed by atoms with van der Waals surface area (Å²) in [6, 6.07) is 10.1. The molecule has 0 aliphatic rings. The maximum absolute atomic E-state index is 12.3. The molecule has 0 saturated carbocycles. The van der Waals surface area contributed by atoms with Crippen molar-refractivity contribution in [3.63, 3.8) is 0 Å². The van der Waals surface area contributed by atoms with Crippen LogP contribution in [0.5, 0.6) is 0 Å². The molecule has 1 aromatic carbocycles. The van der Waals surface area contributed by atoms with Crippen LogP contribution in [0.1, 0.15) is 11.4 Å². The number of fused-ring (bicyclic) bond motifs is 1. The quantitative estimate of drug-likeness (QED) is 0.603. The Morgan fingerprint density at radius 1 is 1.19 bits per heavy atom. The van der Waals surface area contributed by atoms with Crippen LogP contribution in [0.2, 0.25) is 0 Å². The van der Waals surface area contributed by atoms with Crippen molar-refractivity contribution in [2.45, 2.75) is 20.4 Å². The molecule has 1 N–H and O–H groups in total. The van der Waals surface area contributed by atoms with Crippen molar-refractivity contribution in [2.75, 3.05) is 5.32 Å². The molecule has 0 radical (unpaired) electrons. The van der Waals surface area contributed by atoms with Gasteiger partial charge in [-0.3, -0.25) is 14.5 Å². The number of aromatic nitrogens is 6. The highest BCUT2D eigenvalue weighted by molar-refractivity contribution is 5.89. The van der Waals surface area contributed by atoms with E-state index in [9.17, 15) is 4.79 Å². The summed E-state index contributed by atoms with van der Waals surface area (Å²) in [5.74, 6) is 0.224. The molecule has 3 heterocycles. The first-order valence-electron chi connectivity index (χ1n) is 8.56. The standard InChI is InChI=1S/C19H19N7O/c1-12-19(15-6-7-16-14(9-15)5-4-8-20-16)13(2)26(23-12)11-18(27)22-17-10-21-25(3)24-17/h4-10H,11H2,1-3H3,(H,22,24,27). The van der Waals surface area contributed by atoms with Gasteiger partial charge in [0.25, 0.3) is 0 Å². The molecule has 136 valence electrons. The normalized spacial score (nSPS) is 11.1. The third-order valence-corrected chi connectivity index (χ3v) is 4.43. The average molecular weight is 361 g/mol. The summed E-state index contributed by atoms with van der Waals surface area (Å²) in [5, 5.41) is 16.3. The minimum absolute atomic E-state index is 0.110. The van der Waals surface area contributed by atoms with Gasteiger partial charge in [0.15, 0.2) is 5.82 Å². The number of carbonyl (C=O) groups excluding carboxylic acids is 1. The van der Waals surface area contributed by atoms with Gasteiger partial charge in [-0.1, -0.05) is 12.1 Å². The van der Waals surface area contributed by atoms with E-state index in [1.807, 2.05) is 38.1 Å². The molecule has 4 aromatic rings. The number of pyridine rings is 1. The average Bonchev–Trinajstić information content (AvgIpc) is 3.17. The predicted molar refractivity (Wildman–Crippen MR) is 102 cm³/mol. The first kappa shape index (κ1) is 16.9. The number of hydrogen-bond acceptors (Lipinski definition) is 5. The lowest BCUT2D eigenvalue weighted by Crippen LogP contribution is -2.20. The first-order valence-corrected chi connectivity index (χ1v) is 8.56. The Morgan fingerprint density at radius 2 is 2.04 bits per heavy atom. The van der Waals surface area contributed by atoms with E-state index in [2.05, 4.69) is 31.7 Å². The molecule has 0 unspecified atom stereocenters. The molecular weight excluding hydrogens is 342 g/mol. The van der Waals surface area contributed by atoms with Gasteiger partial charge in [0.05, 0.1) is 17.4 Å². The summed E-state index contributed by atoms with van der Waals surface area (Å²) in [6.07, 6.45) is 3.29. The Labute approximate surface area is 155 Å². The van der Waals surface area contributed by atoms with E-state index in [1.165, 1.54) is 11.0 Å². The largest absolute Gasteiger partial charge is 0.306 e. The van der Waals surface area contributed by atoms with Crippen LogP contribution in [0.25, 0.3) is 22.0 Å². The molecule has 27 heavy (non-hydrogen) atoms. The molecule has 0 aliphatic carbocycles. The summed E-state index contributed by atoms with van der Waals surface area (Å²) in [7, 11) is 1.70. The van der Waals surface area contributed by atoms with Crippen molar-refractivity contribution in [2.24, 2.45) is 7.05 Å². The fraction of sp³-hybridized carbons (Fsp3) is 0.211. The summed E-state index contributed by atoms with van der Waals surface area (Å²) in [4.78, 5) is 18.1. The third kappa shape index (κ3) is 3.29. The number of carbonyl (C=O) groups is 1. The number of nitrogens with one attached hydrogen (secondary N) is 1. The van der Waals surface area contributed by atoms with Gasteiger partial charge in [0.2, 0.25) is 5.91 Å². The number of hydrogen-bond donors (Lipinski definition) is 1. The second-order valence-corrected chi connectivity index (χ2v) is 6.38. The van der Waals surface area contributed by atoms with Gasteiger partial charge in [0.1, 0.15) is 6.54 Å². The van der Waals surface area contributed by atoms with Crippen molar-refractivity contribution in [3.05, 3.63) is 54.1 Å². The summed E-state index contributed by atoms with van der Waals surface area (Å²) >= 11 is 0. The predicted octanol–water partition coefficient (Wildman–Crippen LogP) is 2.48. The molecule has 0 saturated heterocycles. The van der Waals surface area contributed by atoms with Crippen LogP contribution in [0, 0.1) is 13.8 Å². The van der Waals surface area contributed by atoms with E-state index in [1.54, 1.807) is 17.9 Å². The zero-order chi connectivity index (χ0) is 19.0. The second kappa shape index (κ2) is 6.64. The lowest BCUT2D eigenvalue weighted by atomic mass is 10.0. The molecule has 0 fully saturated rings. The van der Waals surface area contributed by atoms with Crippen molar-refractivity contribution < 1.29 is 4.79 Å². The van der Waals surface area contributed by atoms with E-state index in [0.717, 1.165) is 33.4 Å². The van der Waals surface area contributed by atoms with Crippen LogP contribution >= 0.6 is 0 Å². The van der Waals surface area contributed by atoms with E-state index < -0.39 is 0 Å². The van der Waals surface area contributed by atoms with Crippen LogP contribution in [-0.4, -0.2) is 35.7 Å². The Balaban J connectivity index is 1.61. The van der Waals surface area contributed by atoms with Crippen molar-refractivity contribution in [3.8, 4) is 11.1 Å². The van der Waals surface area contributed by atoms with E-state index in [-0.39, 0.29) is 12.5 Å². The molecule has 8 heteroatoms. The molecule has 1 amide bonds. The van der Waals surface area contributed by atoms with Gasteiger partial charge in [0, 0.05) is 29.9 Å². The number of nitrogens with zero attached hydrogens (tertiary/aromatic N) is 6. The molecule has 0 spiro atoms. The smallest absolute Gasteiger partial charge is 0.247 e. The van der Waals surface area contributed by atoms with Crippen LogP contribution in [-0.2, 0) is 18.4 Å². The Morgan fingerprint density at radius 3 is 2.81 bits per heavy atom. The van der Waals surface area contributed by atoms with Crippen molar-refractivity contribution >= 4 is 22.6 Å². The highest BCUT2D eigenvalue weighted by Crippen LogP contribution is 2.29. The lowest BCUT2D eigenvalue weighted by Gasteiger charge is -2.06. The number of amides is 1. The monoisotopic (exact) mass is 361 g/mol. The Kier molecular flexibility index (Phi) is 4.15. The van der Waals surface area contributed by atoms with Crippen LogP contribution in [0.3, 0.4) is 0 Å². The van der Waals surface area contributed by atoms with Gasteiger partial charge in [-0.05, 0) is 37.6 Å². The SMILES string of the molecule is Cc1nn(CC(=O)Nc2cnn(C)n2)c(C)c1-c1ccc2ncccc2c1. The number of rotatable bonds is 4. The van der Waals surface area contributed by atoms with Gasteiger partial charge >= 0.3 is 0 Å². The summed E-state index contributed by atoms with van der Waals surface area (Å²) in [6.45, 7) is 4.03. The molecule has 3 aromatic heterocycles. The third-order valence-electron chi connectivity index (χ3n) is 4.43. The van der Waals surface area contributed by atoms with E-state index in [4.69, 9.17) is 0 Å². The molecule has 8 nitrogen and oxygen atoms in total. The minimum Gasteiger partial charge on any atom is -0.306 e. The number of anilines is 1. The van der Waals surface area contributed by atoms with E-state index in [0.29, 0.717) is 5.82 Å². The number of benzene rings is 1. The topological polar surface area (TPSA) is 90.5 Å². The van der Waals surface area contributed by atoms with Crippen LogP contribution < -0.4 is 5.32 Å². The van der Waals surface area contributed by atoms with E-state index >= 15 is 0 Å². The molecule has 0 atom stereocenters. The summed E-state index contributed by atoms with van der Waals surface area (Å²) in [5.41, 5.74) is 4.86. The first-order chi connectivity index (χ1) is 13.0. The Bertz CT molecular complexity index is 1140. The second-order valence-electron chi connectivity index (χ2n) is 6.38. The maximum atomic E-state index is 12.3. The summed E-state index contributed by atoms with van der Waals surface area (Å²) < 4.78 is 1.71. The molecule has 4 rings (SSSR count). The fourth-order valence-electron chi connectivity index (χ4n) is 3.22. The zero-order valence-electron chi connectivity index (χ0n) is 15.3. The van der Waals surface area contributed by atoms with Crippen LogP contribution in [0.4, 0.5) is 5.82 Å². The van der Waals surface area contributed by atoms with Gasteiger partial charge in [-0.15, -0.1) is 5.10 Å². The molecule has 0 bridgehead atoms. The van der Waals surface area contributed by atoms with Gasteiger partial charge in [-0.2, -0.15) is 15.0 Å². The van der Waals surface area contributed by atoms with Crippen LogP contribution in [0.15, 0.2) is 42.7 Å². The maximum Gasteiger partial charge on any atom is 0.247 e. The van der Waals surface area contributed by atoms with Gasteiger partial charge < -0.3 is 5.32 Å². The van der Waals surface area contributed by atoms with Crippen molar-refractivity contribution in [1.82, 2.24) is 29.8 Å². The highest BCUT2D eigenvalue weighted by atomic mass is 16.2. The zero-order valence-corrected chi connectivity index (χ0v) is 15.3. The van der Waals surface area contributed by atoms with Gasteiger partial charge in [-0.25, -0.2) is 0 Å². The molecular formula is C19H19N7O. The number of aryl methyl sites for hydroxylation is 2. The Hall–Kier alpha value is -3.55. The highest BCUT2D eigenvalue weighted by Gasteiger charge is 2.16. The molecule has 0 aliphatic heterocycles. The minimum atomic E-state index is -0.199. The lowest BCUT2D eigenvalue weighted by molar-refractivity contribution is -0.117. The fourth-order valence-corrected chi connectivity index (χ4v) is 3.22. The van der Waals surface area contributed by atoms with Crippen molar-refractivity contribution in [1.29, 1.82) is 0 Å².